The number of pyridine rings is 1. The summed E-state index contributed by atoms with van der Waals surface area (Å²) in [5.74, 6) is -1.93. The summed E-state index contributed by atoms with van der Waals surface area (Å²) in [5.41, 5.74) is -2.07. The maximum atomic E-state index is 14.2. The standard InChI is InChI=1S/C24H20F2N4O6/c1-24(2,3)36-23(32)29-16-6-4-8-19(35-18-10-9-14(25)12-15(18)26)21(16)27-20(29)13-28-11-5-7-17(22(28)31)30(33)34/h4-12H,13H2,1-3H3. The van der Waals surface area contributed by atoms with E-state index in [1.807, 2.05) is 0 Å². The number of hydrogen-bond donors (Lipinski definition) is 0. The molecular weight excluding hydrogens is 478 g/mol. The minimum Gasteiger partial charge on any atom is -0.452 e. The van der Waals surface area contributed by atoms with Crippen molar-refractivity contribution in [2.45, 2.75) is 32.9 Å². The van der Waals surface area contributed by atoms with E-state index < -0.39 is 39.5 Å². The molecule has 0 amide bonds. The van der Waals surface area contributed by atoms with Crippen molar-refractivity contribution in [3.05, 3.63) is 92.7 Å². The van der Waals surface area contributed by atoms with Crippen LogP contribution in [0.3, 0.4) is 0 Å². The van der Waals surface area contributed by atoms with E-state index in [0.717, 1.165) is 27.3 Å². The van der Waals surface area contributed by atoms with Gasteiger partial charge in [-0.3, -0.25) is 14.9 Å². The van der Waals surface area contributed by atoms with Crippen LogP contribution in [-0.4, -0.2) is 30.7 Å². The molecule has 2 aromatic heterocycles. The molecule has 36 heavy (non-hydrogen) atoms. The van der Waals surface area contributed by atoms with Crippen LogP contribution in [0, 0.1) is 21.7 Å². The van der Waals surface area contributed by atoms with Crippen LogP contribution < -0.4 is 10.3 Å². The molecule has 0 aliphatic rings. The van der Waals surface area contributed by atoms with Crippen molar-refractivity contribution in [1.29, 1.82) is 0 Å². The minimum atomic E-state index is -0.943. The first-order valence-electron chi connectivity index (χ1n) is 10.6. The van der Waals surface area contributed by atoms with Gasteiger partial charge in [0.15, 0.2) is 17.3 Å². The predicted octanol–water partition coefficient (Wildman–Crippen LogP) is 5.01. The number of aromatic nitrogens is 3. The quantitative estimate of drug-likeness (QED) is 0.280. The second-order valence-electron chi connectivity index (χ2n) is 8.73. The summed E-state index contributed by atoms with van der Waals surface area (Å²) in [4.78, 5) is 40.5. The fourth-order valence-corrected chi connectivity index (χ4v) is 3.44. The van der Waals surface area contributed by atoms with E-state index in [2.05, 4.69) is 4.98 Å². The molecule has 0 aliphatic carbocycles. The number of nitrogens with zero attached hydrogens (tertiary/aromatic N) is 4. The van der Waals surface area contributed by atoms with E-state index in [1.165, 1.54) is 24.4 Å². The van der Waals surface area contributed by atoms with Gasteiger partial charge in [-0.1, -0.05) is 6.07 Å². The molecule has 0 saturated carbocycles. The molecule has 0 radical (unpaired) electrons. The van der Waals surface area contributed by atoms with Crippen LogP contribution in [0.15, 0.2) is 59.5 Å². The number of hydrogen-bond acceptors (Lipinski definition) is 7. The Balaban J connectivity index is 1.87. The molecule has 4 rings (SSSR count). The molecule has 10 nitrogen and oxygen atoms in total. The lowest BCUT2D eigenvalue weighted by Crippen LogP contribution is -2.29. The van der Waals surface area contributed by atoms with Gasteiger partial charge in [-0.2, -0.15) is 0 Å². The summed E-state index contributed by atoms with van der Waals surface area (Å²) in [7, 11) is 0. The molecule has 12 heteroatoms. The van der Waals surface area contributed by atoms with Gasteiger partial charge >= 0.3 is 17.3 Å². The third-order valence-corrected chi connectivity index (χ3v) is 4.92. The van der Waals surface area contributed by atoms with Crippen molar-refractivity contribution in [1.82, 2.24) is 14.1 Å². The summed E-state index contributed by atoms with van der Waals surface area (Å²) >= 11 is 0. The molecule has 0 aliphatic heterocycles. The molecule has 0 unspecified atom stereocenters. The van der Waals surface area contributed by atoms with Crippen LogP contribution in [0.2, 0.25) is 0 Å². The first-order valence-corrected chi connectivity index (χ1v) is 10.6. The smallest absolute Gasteiger partial charge is 0.420 e. The van der Waals surface area contributed by atoms with Crippen LogP contribution in [0.4, 0.5) is 19.3 Å². The third-order valence-electron chi connectivity index (χ3n) is 4.92. The molecule has 0 saturated heterocycles. The van der Waals surface area contributed by atoms with E-state index in [-0.39, 0.29) is 34.9 Å². The fourth-order valence-electron chi connectivity index (χ4n) is 3.44. The lowest BCUT2D eigenvalue weighted by Gasteiger charge is -2.20. The highest BCUT2D eigenvalue weighted by Gasteiger charge is 2.26. The van der Waals surface area contributed by atoms with Crippen molar-refractivity contribution in [3.63, 3.8) is 0 Å². The SMILES string of the molecule is CC(C)(C)OC(=O)n1c(Cn2cccc([N+](=O)[O-])c2=O)nc2c(Oc3ccc(F)cc3F)cccc21. The van der Waals surface area contributed by atoms with Gasteiger partial charge in [0, 0.05) is 18.3 Å². The Labute approximate surface area is 202 Å². The molecule has 186 valence electrons. The zero-order chi connectivity index (χ0) is 26.2. The number of benzene rings is 2. The molecule has 2 aromatic carbocycles. The second-order valence-corrected chi connectivity index (χ2v) is 8.73. The highest BCUT2D eigenvalue weighted by Crippen LogP contribution is 2.32. The normalized spacial score (nSPS) is 11.5. The van der Waals surface area contributed by atoms with Gasteiger partial charge < -0.3 is 14.0 Å². The molecule has 4 aromatic rings. The largest absolute Gasteiger partial charge is 0.452 e. The molecule has 0 bridgehead atoms. The van der Waals surface area contributed by atoms with Crippen LogP contribution in [-0.2, 0) is 11.3 Å². The highest BCUT2D eigenvalue weighted by atomic mass is 19.1. The van der Waals surface area contributed by atoms with E-state index in [9.17, 15) is 28.5 Å². The Hall–Kier alpha value is -4.61. The average molecular weight is 498 g/mol. The third kappa shape index (κ3) is 4.92. The Bertz CT molecular complexity index is 1550. The Morgan fingerprint density at radius 1 is 1.11 bits per heavy atom. The van der Waals surface area contributed by atoms with E-state index in [1.54, 1.807) is 26.8 Å². The second kappa shape index (κ2) is 9.21. The van der Waals surface area contributed by atoms with Crippen LogP contribution in [0.1, 0.15) is 26.6 Å². The van der Waals surface area contributed by atoms with Gasteiger partial charge in [-0.15, -0.1) is 0 Å². The summed E-state index contributed by atoms with van der Waals surface area (Å²) in [6.45, 7) is 4.68. The van der Waals surface area contributed by atoms with E-state index in [0.29, 0.717) is 6.07 Å². The lowest BCUT2D eigenvalue weighted by atomic mass is 10.2. The van der Waals surface area contributed by atoms with Gasteiger partial charge in [-0.05, 0) is 51.1 Å². The maximum absolute atomic E-state index is 14.2. The van der Waals surface area contributed by atoms with Crippen molar-refractivity contribution in [2.75, 3.05) is 0 Å². The first-order chi connectivity index (χ1) is 16.9. The van der Waals surface area contributed by atoms with Crippen molar-refractivity contribution < 1.29 is 28.0 Å². The van der Waals surface area contributed by atoms with Gasteiger partial charge in [-0.25, -0.2) is 23.1 Å². The highest BCUT2D eigenvalue weighted by molar-refractivity contribution is 5.91. The number of para-hydroxylation sites is 1. The van der Waals surface area contributed by atoms with E-state index >= 15 is 0 Å². The monoisotopic (exact) mass is 498 g/mol. The molecular formula is C24H20F2N4O6. The lowest BCUT2D eigenvalue weighted by molar-refractivity contribution is -0.386. The number of nitro groups is 1. The fraction of sp³-hybridized carbons (Fsp3) is 0.208. The summed E-state index contributed by atoms with van der Waals surface area (Å²) in [6, 6.07) is 9.74. The van der Waals surface area contributed by atoms with Crippen molar-refractivity contribution in [3.8, 4) is 11.5 Å². The summed E-state index contributed by atoms with van der Waals surface area (Å²) in [5, 5.41) is 11.2. The van der Waals surface area contributed by atoms with Crippen LogP contribution in [0.5, 0.6) is 11.5 Å². The molecule has 0 fully saturated rings. The van der Waals surface area contributed by atoms with Crippen molar-refractivity contribution in [2.24, 2.45) is 0 Å². The molecule has 0 N–H and O–H groups in total. The number of carbonyl (C=O) groups excluding carboxylic acids is 1. The van der Waals surface area contributed by atoms with Crippen molar-refractivity contribution >= 4 is 22.8 Å². The average Bonchev–Trinajstić information content (AvgIpc) is 3.15. The Morgan fingerprint density at radius 3 is 2.53 bits per heavy atom. The zero-order valence-corrected chi connectivity index (χ0v) is 19.4. The number of carbonyl (C=O) groups is 1. The van der Waals surface area contributed by atoms with E-state index in [4.69, 9.17) is 9.47 Å². The van der Waals surface area contributed by atoms with Gasteiger partial charge in [0.1, 0.15) is 22.8 Å². The van der Waals surface area contributed by atoms with Crippen LogP contribution >= 0.6 is 0 Å². The predicted molar refractivity (Wildman–Crippen MR) is 124 cm³/mol. The number of imidazole rings is 1. The molecule has 2 heterocycles. The Morgan fingerprint density at radius 2 is 1.86 bits per heavy atom. The molecule has 0 atom stereocenters. The number of rotatable bonds is 5. The molecule has 0 spiro atoms. The van der Waals surface area contributed by atoms with Gasteiger partial charge in [0.05, 0.1) is 17.0 Å². The summed E-state index contributed by atoms with van der Waals surface area (Å²) in [6.07, 6.45) is 0.503. The maximum Gasteiger partial charge on any atom is 0.420 e. The van der Waals surface area contributed by atoms with Gasteiger partial charge in [0.2, 0.25) is 0 Å². The summed E-state index contributed by atoms with van der Waals surface area (Å²) < 4.78 is 40.8. The Kier molecular flexibility index (Phi) is 6.27. The minimum absolute atomic E-state index is 0.0116. The number of halogens is 2. The number of ether oxygens (including phenoxy) is 2. The topological polar surface area (TPSA) is 118 Å². The first kappa shape index (κ1) is 24.5. The number of fused-ring (bicyclic) bond motifs is 1. The van der Waals surface area contributed by atoms with Crippen LogP contribution in [0.25, 0.3) is 11.0 Å². The van der Waals surface area contributed by atoms with Gasteiger partial charge in [0.25, 0.3) is 0 Å². The zero-order valence-electron chi connectivity index (χ0n) is 19.4.